The zero-order valence-electron chi connectivity index (χ0n) is 24.8. The zero-order chi connectivity index (χ0) is 27.9. The molecule has 210 valence electrons. The number of hydrogen-bond acceptors (Lipinski definition) is 5. The van der Waals surface area contributed by atoms with Crippen LogP contribution in [0.3, 0.4) is 0 Å². The van der Waals surface area contributed by atoms with Gasteiger partial charge in [-0.15, -0.1) is 0 Å². The lowest BCUT2D eigenvalue weighted by Crippen LogP contribution is -2.74. The fourth-order valence-electron chi connectivity index (χ4n) is 11.0. The highest BCUT2D eigenvalue weighted by atomic mass is 16.5. The van der Waals surface area contributed by atoms with E-state index in [1.807, 2.05) is 13.0 Å². The van der Waals surface area contributed by atoms with Crippen molar-refractivity contribution in [2.45, 2.75) is 124 Å². The molecule has 0 aromatic rings. The Bertz CT molecular complexity index is 1100. The van der Waals surface area contributed by atoms with Crippen molar-refractivity contribution < 1.29 is 19.4 Å². The van der Waals surface area contributed by atoms with Crippen LogP contribution in [-0.2, 0) is 14.3 Å². The summed E-state index contributed by atoms with van der Waals surface area (Å²) in [5.41, 5.74) is -1.58. The third-order valence-electron chi connectivity index (χ3n) is 13.4. The lowest BCUT2D eigenvalue weighted by atomic mass is 9.32. The van der Waals surface area contributed by atoms with E-state index in [1.54, 1.807) is 0 Å². The van der Waals surface area contributed by atoms with Gasteiger partial charge < -0.3 is 9.84 Å². The summed E-state index contributed by atoms with van der Waals surface area (Å²) >= 11 is 0. The molecule has 5 nitrogen and oxygen atoms in total. The molecule has 2 unspecified atom stereocenters. The van der Waals surface area contributed by atoms with Crippen LogP contribution in [-0.4, -0.2) is 35.0 Å². The summed E-state index contributed by atoms with van der Waals surface area (Å²) < 4.78 is 7.04. The molecule has 1 spiro atoms. The Kier molecular flexibility index (Phi) is 6.45. The summed E-state index contributed by atoms with van der Waals surface area (Å²) in [4.78, 5) is 27.5. The normalized spacial score (nSPS) is 49.4. The van der Waals surface area contributed by atoms with Gasteiger partial charge >= 0.3 is 0 Å². The summed E-state index contributed by atoms with van der Waals surface area (Å²) in [5.74, 6) is 0.567. The molecule has 5 heteroatoms. The van der Waals surface area contributed by atoms with Crippen molar-refractivity contribution >= 4 is 11.6 Å². The Morgan fingerprint density at radius 1 is 1.08 bits per heavy atom. The van der Waals surface area contributed by atoms with E-state index in [0.717, 1.165) is 51.4 Å². The first kappa shape index (κ1) is 28.0. The van der Waals surface area contributed by atoms with E-state index < -0.39 is 11.0 Å². The predicted octanol–water partition coefficient (Wildman–Crippen LogP) is 6.58. The SMILES string of the molecule is CCC(=O)/C(C#N)=C\[C@@]1(C)[C@H](CC)CC[C@]2(C)[C@@H]1CC(=O)[C@]13OC(CO)[C@@]4(CCC(C)(C)CC41)CC[C@]32C. The zero-order valence-corrected chi connectivity index (χ0v) is 24.8. The Hall–Kier alpha value is -1.51. The van der Waals surface area contributed by atoms with Crippen LogP contribution in [0.25, 0.3) is 0 Å². The smallest absolute Gasteiger partial charge is 0.172 e. The van der Waals surface area contributed by atoms with Crippen molar-refractivity contribution in [3.05, 3.63) is 11.6 Å². The van der Waals surface area contributed by atoms with Gasteiger partial charge in [-0.3, -0.25) is 9.59 Å². The van der Waals surface area contributed by atoms with Gasteiger partial charge in [0.1, 0.15) is 11.7 Å². The van der Waals surface area contributed by atoms with Gasteiger partial charge in [-0.1, -0.05) is 61.0 Å². The number of fused-ring (bicyclic) bond motifs is 2. The molecule has 9 atom stereocenters. The van der Waals surface area contributed by atoms with Gasteiger partial charge in [-0.05, 0) is 73.0 Å². The monoisotopic (exact) mass is 523 g/mol. The molecule has 4 aliphatic carbocycles. The third-order valence-corrected chi connectivity index (χ3v) is 13.4. The minimum atomic E-state index is -0.872. The number of ketones is 2. The quantitative estimate of drug-likeness (QED) is 0.325. The molecule has 5 aliphatic rings. The molecule has 0 aromatic carbocycles. The molecule has 2 bridgehead atoms. The average molecular weight is 524 g/mol. The number of ether oxygens (including phenoxy) is 1. The number of Topliss-reactive ketones (excluding diaryl/α,β-unsaturated/α-hetero) is 2. The summed E-state index contributed by atoms with van der Waals surface area (Å²) in [6.07, 6.45) is 10.4. The maximum Gasteiger partial charge on any atom is 0.172 e. The molecule has 5 fully saturated rings. The Labute approximate surface area is 229 Å². The van der Waals surface area contributed by atoms with E-state index in [9.17, 15) is 20.0 Å². The largest absolute Gasteiger partial charge is 0.394 e. The van der Waals surface area contributed by atoms with Crippen molar-refractivity contribution in [3.8, 4) is 6.07 Å². The van der Waals surface area contributed by atoms with Crippen LogP contribution < -0.4 is 0 Å². The topological polar surface area (TPSA) is 87.4 Å². The maximum absolute atomic E-state index is 14.8. The number of allylic oxidation sites excluding steroid dienone is 2. The van der Waals surface area contributed by atoms with Crippen LogP contribution >= 0.6 is 0 Å². The van der Waals surface area contributed by atoms with Crippen molar-refractivity contribution in [2.24, 2.45) is 44.8 Å². The minimum Gasteiger partial charge on any atom is -0.394 e. The number of hydrogen-bond donors (Lipinski definition) is 1. The van der Waals surface area contributed by atoms with Crippen molar-refractivity contribution in [1.29, 1.82) is 5.26 Å². The first-order valence-corrected chi connectivity index (χ1v) is 15.2. The number of nitriles is 1. The molecule has 1 saturated heterocycles. The standard InChI is InChI=1S/C33H49NO4/c1-8-22-10-11-30(6)24(29(22,5)17-21(19-34)23(36)9-2)16-26(37)33-25-18-28(3,4)12-14-32(25,27(20-35)38-33)15-13-31(30,33)7/h17,22,24-25,27,35H,8-16,18,20H2,1-7H3/b21-17-/t22-,24-,25?,27?,29+,30-,31+,32+,33-/m1/s1. The van der Waals surface area contributed by atoms with E-state index in [1.165, 1.54) is 0 Å². The van der Waals surface area contributed by atoms with Gasteiger partial charge in [-0.2, -0.15) is 5.26 Å². The first-order valence-electron chi connectivity index (χ1n) is 15.2. The Balaban J connectivity index is 1.69. The van der Waals surface area contributed by atoms with Crippen molar-refractivity contribution in [2.75, 3.05) is 6.61 Å². The molecule has 0 amide bonds. The predicted molar refractivity (Wildman–Crippen MR) is 147 cm³/mol. The molecule has 0 radical (unpaired) electrons. The molecular weight excluding hydrogens is 474 g/mol. The molecule has 5 rings (SSSR count). The van der Waals surface area contributed by atoms with Crippen molar-refractivity contribution in [1.82, 2.24) is 0 Å². The van der Waals surface area contributed by atoms with Gasteiger partial charge in [0.2, 0.25) is 0 Å². The fourth-order valence-corrected chi connectivity index (χ4v) is 11.0. The first-order chi connectivity index (χ1) is 17.7. The summed E-state index contributed by atoms with van der Waals surface area (Å²) in [6.45, 7) is 15.6. The number of aliphatic hydroxyl groups excluding tert-OH is 1. The average Bonchev–Trinajstić information content (AvgIpc) is 3.09. The second-order valence-corrected chi connectivity index (χ2v) is 15.1. The number of nitrogens with zero attached hydrogens (tertiary/aromatic N) is 1. The van der Waals surface area contributed by atoms with Crippen molar-refractivity contribution in [3.63, 3.8) is 0 Å². The van der Waals surface area contributed by atoms with E-state index in [0.29, 0.717) is 18.8 Å². The summed E-state index contributed by atoms with van der Waals surface area (Å²) in [5, 5.41) is 20.5. The molecule has 1 heterocycles. The van der Waals surface area contributed by atoms with Crippen LogP contribution in [0, 0.1) is 56.2 Å². The van der Waals surface area contributed by atoms with Gasteiger partial charge in [0.15, 0.2) is 11.6 Å². The minimum absolute atomic E-state index is 0.0226. The second-order valence-electron chi connectivity index (χ2n) is 15.1. The molecule has 0 aromatic heterocycles. The summed E-state index contributed by atoms with van der Waals surface area (Å²) in [7, 11) is 0. The molecular formula is C33H49NO4. The third kappa shape index (κ3) is 3.23. The number of carbonyl (C=O) groups excluding carboxylic acids is 2. The molecule has 38 heavy (non-hydrogen) atoms. The van der Waals surface area contributed by atoms with Gasteiger partial charge in [0.05, 0.1) is 18.3 Å². The van der Waals surface area contributed by atoms with Crippen LogP contribution in [0.4, 0.5) is 0 Å². The highest BCUT2D eigenvalue weighted by Crippen LogP contribution is 2.79. The van der Waals surface area contributed by atoms with Gasteiger partial charge in [0, 0.05) is 29.6 Å². The molecule has 1 N–H and O–H groups in total. The van der Waals surface area contributed by atoms with Crippen LogP contribution in [0.1, 0.15) is 113 Å². The second kappa shape index (κ2) is 8.74. The lowest BCUT2D eigenvalue weighted by molar-refractivity contribution is -0.253. The van der Waals surface area contributed by atoms with Crippen LogP contribution in [0.5, 0.6) is 0 Å². The van der Waals surface area contributed by atoms with Crippen LogP contribution in [0.15, 0.2) is 11.6 Å². The summed E-state index contributed by atoms with van der Waals surface area (Å²) in [6, 6.07) is 2.21. The van der Waals surface area contributed by atoms with E-state index in [4.69, 9.17) is 4.74 Å². The van der Waals surface area contributed by atoms with E-state index in [-0.39, 0.29) is 63.3 Å². The number of rotatable bonds is 5. The highest BCUT2D eigenvalue weighted by molar-refractivity contribution is 5.99. The maximum atomic E-state index is 14.8. The van der Waals surface area contributed by atoms with E-state index in [2.05, 4.69) is 47.6 Å². The van der Waals surface area contributed by atoms with Gasteiger partial charge in [-0.25, -0.2) is 0 Å². The Morgan fingerprint density at radius 2 is 1.76 bits per heavy atom. The molecule has 1 aliphatic heterocycles. The Morgan fingerprint density at radius 3 is 2.37 bits per heavy atom. The highest BCUT2D eigenvalue weighted by Gasteiger charge is 2.81. The fraction of sp³-hybridized carbons (Fsp3) is 0.848. The molecule has 4 saturated carbocycles. The van der Waals surface area contributed by atoms with E-state index >= 15 is 0 Å². The number of aliphatic hydroxyl groups is 1. The number of carbonyl (C=O) groups is 2. The van der Waals surface area contributed by atoms with Crippen LogP contribution in [0.2, 0.25) is 0 Å². The van der Waals surface area contributed by atoms with Gasteiger partial charge in [0.25, 0.3) is 0 Å². The lowest BCUT2D eigenvalue weighted by Gasteiger charge is -2.71.